The molecule has 0 aliphatic heterocycles. The smallest absolute Gasteiger partial charge is 0.188 e. The van der Waals surface area contributed by atoms with Gasteiger partial charge in [-0.25, -0.2) is 4.98 Å². The molecule has 0 radical (unpaired) electrons. The summed E-state index contributed by atoms with van der Waals surface area (Å²) in [7, 11) is 0. The minimum Gasteiger partial charge on any atom is -0.321 e. The number of carbonyl (C=O) groups is 2. The summed E-state index contributed by atoms with van der Waals surface area (Å²) in [5.41, 5.74) is 2.21. The summed E-state index contributed by atoms with van der Waals surface area (Å²) in [6.45, 7) is 4.22. The number of pyridine rings is 1. The highest BCUT2D eigenvalue weighted by molar-refractivity contribution is 6.13. The van der Waals surface area contributed by atoms with E-state index in [1.165, 1.54) is 0 Å². The number of rotatable bonds is 2. The van der Waals surface area contributed by atoms with Crippen molar-refractivity contribution in [3.8, 4) is 0 Å². The highest BCUT2D eigenvalue weighted by atomic mass is 16.2. The normalized spacial score (nSPS) is 18.2. The number of ketones is 2. The Balaban J connectivity index is 2.07. The van der Waals surface area contributed by atoms with Gasteiger partial charge in [0.05, 0.1) is 24.6 Å². The predicted molar refractivity (Wildman–Crippen MR) is 72.7 cm³/mol. The molecule has 20 heavy (non-hydrogen) atoms. The van der Waals surface area contributed by atoms with Crippen molar-refractivity contribution < 1.29 is 9.59 Å². The second-order valence-electron chi connectivity index (χ2n) is 5.13. The lowest BCUT2D eigenvalue weighted by molar-refractivity contribution is -0.119. The Morgan fingerprint density at radius 3 is 2.90 bits per heavy atom. The first-order valence-electron chi connectivity index (χ1n) is 6.59. The number of carbonyl (C=O) groups excluding carboxylic acids is 2. The molecule has 0 bridgehead atoms. The van der Waals surface area contributed by atoms with E-state index in [9.17, 15) is 9.59 Å². The van der Waals surface area contributed by atoms with E-state index in [1.54, 1.807) is 12.4 Å². The van der Waals surface area contributed by atoms with Gasteiger partial charge in [0.1, 0.15) is 17.3 Å². The van der Waals surface area contributed by atoms with E-state index in [1.807, 2.05) is 30.5 Å². The fourth-order valence-corrected chi connectivity index (χ4v) is 2.60. The van der Waals surface area contributed by atoms with Gasteiger partial charge in [0.15, 0.2) is 5.78 Å². The van der Waals surface area contributed by atoms with E-state index >= 15 is 0 Å². The number of fused-ring (bicyclic) bond motifs is 1. The topological polar surface area (TPSA) is 64.8 Å². The molecule has 0 spiro atoms. The Hall–Kier alpha value is -2.30. The van der Waals surface area contributed by atoms with Gasteiger partial charge in [-0.05, 0) is 25.5 Å². The molecule has 0 fully saturated rings. The quantitative estimate of drug-likeness (QED) is 0.781. The average Bonchev–Trinajstić information content (AvgIpc) is 2.75. The molecule has 1 aliphatic rings. The first kappa shape index (κ1) is 12.7. The molecular formula is C15H15N3O2. The van der Waals surface area contributed by atoms with Crippen LogP contribution in [0.3, 0.4) is 0 Å². The van der Waals surface area contributed by atoms with Crippen LogP contribution in [0, 0.1) is 6.92 Å². The van der Waals surface area contributed by atoms with Gasteiger partial charge >= 0.3 is 0 Å². The van der Waals surface area contributed by atoms with E-state index in [0.717, 1.165) is 11.4 Å². The van der Waals surface area contributed by atoms with Crippen molar-refractivity contribution >= 4 is 11.6 Å². The van der Waals surface area contributed by atoms with Crippen LogP contribution in [0.4, 0.5) is 0 Å². The van der Waals surface area contributed by atoms with Crippen molar-refractivity contribution in [2.45, 2.75) is 32.7 Å². The van der Waals surface area contributed by atoms with Gasteiger partial charge < -0.3 is 4.57 Å². The number of aromatic nitrogens is 3. The fourth-order valence-electron chi connectivity index (χ4n) is 2.60. The maximum Gasteiger partial charge on any atom is 0.188 e. The van der Waals surface area contributed by atoms with Gasteiger partial charge in [-0.1, -0.05) is 6.07 Å². The van der Waals surface area contributed by atoms with Gasteiger partial charge in [-0.15, -0.1) is 0 Å². The van der Waals surface area contributed by atoms with Gasteiger partial charge in [-0.2, -0.15) is 0 Å². The Morgan fingerprint density at radius 2 is 2.20 bits per heavy atom. The summed E-state index contributed by atoms with van der Waals surface area (Å²) < 4.78 is 1.89. The van der Waals surface area contributed by atoms with Crippen LogP contribution in [0.25, 0.3) is 0 Å². The standard InChI is InChI=1S/C15H15N3O2/c1-9-12(19)6-13(20)15-14(9)17-10(2)18(15)8-11-4-3-5-16-7-11/h3-5,7,9H,6,8H2,1-2H3. The first-order chi connectivity index (χ1) is 9.58. The maximum absolute atomic E-state index is 12.2. The van der Waals surface area contributed by atoms with Crippen molar-refractivity contribution in [3.63, 3.8) is 0 Å². The molecule has 0 saturated carbocycles. The number of imidazole rings is 1. The van der Waals surface area contributed by atoms with Crippen molar-refractivity contribution in [1.29, 1.82) is 0 Å². The van der Waals surface area contributed by atoms with Crippen molar-refractivity contribution in [1.82, 2.24) is 14.5 Å². The van der Waals surface area contributed by atoms with Crippen LogP contribution in [0.5, 0.6) is 0 Å². The third-order valence-electron chi connectivity index (χ3n) is 3.74. The van der Waals surface area contributed by atoms with Crippen LogP contribution in [-0.4, -0.2) is 26.1 Å². The first-order valence-corrected chi connectivity index (χ1v) is 6.59. The second kappa shape index (κ2) is 4.67. The Labute approximate surface area is 116 Å². The SMILES string of the molecule is Cc1nc2c(n1Cc1cccnc1)C(=O)CC(=O)C2C. The molecule has 1 unspecified atom stereocenters. The molecule has 1 atom stereocenters. The van der Waals surface area contributed by atoms with Crippen molar-refractivity contribution in [2.75, 3.05) is 0 Å². The molecule has 2 aromatic heterocycles. The Kier molecular flexibility index (Phi) is 2.97. The van der Waals surface area contributed by atoms with Crippen LogP contribution in [0.15, 0.2) is 24.5 Å². The zero-order valence-corrected chi connectivity index (χ0v) is 11.5. The largest absolute Gasteiger partial charge is 0.321 e. The number of hydrogen-bond donors (Lipinski definition) is 0. The molecule has 102 valence electrons. The van der Waals surface area contributed by atoms with Gasteiger partial charge in [-0.3, -0.25) is 14.6 Å². The monoisotopic (exact) mass is 269 g/mol. The Bertz CT molecular complexity index is 689. The number of Topliss-reactive ketones (excluding diaryl/α,β-unsaturated/α-hetero) is 2. The van der Waals surface area contributed by atoms with E-state index in [-0.39, 0.29) is 23.9 Å². The van der Waals surface area contributed by atoms with Crippen LogP contribution in [0.2, 0.25) is 0 Å². The van der Waals surface area contributed by atoms with Gasteiger partial charge in [0, 0.05) is 12.4 Å². The maximum atomic E-state index is 12.2. The fraction of sp³-hybridized carbons (Fsp3) is 0.333. The Morgan fingerprint density at radius 1 is 1.40 bits per heavy atom. The molecule has 1 aliphatic carbocycles. The summed E-state index contributed by atoms with van der Waals surface area (Å²) in [6.07, 6.45) is 3.46. The molecule has 0 saturated heterocycles. The molecule has 2 aromatic rings. The molecule has 0 N–H and O–H groups in total. The highest BCUT2D eigenvalue weighted by Gasteiger charge is 2.34. The lowest BCUT2D eigenvalue weighted by Gasteiger charge is -2.17. The molecule has 0 amide bonds. The molecule has 3 rings (SSSR count). The second-order valence-corrected chi connectivity index (χ2v) is 5.13. The zero-order chi connectivity index (χ0) is 14.3. The third kappa shape index (κ3) is 1.95. The number of hydrogen-bond acceptors (Lipinski definition) is 4. The summed E-state index contributed by atoms with van der Waals surface area (Å²) in [6, 6.07) is 3.82. The summed E-state index contributed by atoms with van der Waals surface area (Å²) in [5.74, 6) is 0.284. The number of aryl methyl sites for hydroxylation is 1. The highest BCUT2D eigenvalue weighted by Crippen LogP contribution is 2.29. The van der Waals surface area contributed by atoms with Gasteiger partial charge in [0.25, 0.3) is 0 Å². The molecule has 2 heterocycles. The minimum absolute atomic E-state index is 0.0215. The predicted octanol–water partition coefficient (Wildman–Crippen LogP) is 1.89. The average molecular weight is 269 g/mol. The van der Waals surface area contributed by atoms with E-state index < -0.39 is 0 Å². The third-order valence-corrected chi connectivity index (χ3v) is 3.74. The van der Waals surface area contributed by atoms with Gasteiger partial charge in [0.2, 0.25) is 0 Å². The minimum atomic E-state index is -0.295. The lowest BCUT2D eigenvalue weighted by atomic mass is 9.89. The van der Waals surface area contributed by atoms with Crippen LogP contribution >= 0.6 is 0 Å². The summed E-state index contributed by atoms with van der Waals surface area (Å²) in [5, 5.41) is 0. The van der Waals surface area contributed by atoms with Crippen LogP contribution < -0.4 is 0 Å². The molecule has 5 heteroatoms. The van der Waals surface area contributed by atoms with E-state index in [4.69, 9.17) is 0 Å². The molecule has 5 nitrogen and oxygen atoms in total. The van der Waals surface area contributed by atoms with Crippen molar-refractivity contribution in [2.24, 2.45) is 0 Å². The van der Waals surface area contributed by atoms with E-state index in [2.05, 4.69) is 9.97 Å². The zero-order valence-electron chi connectivity index (χ0n) is 11.5. The summed E-state index contributed by atoms with van der Waals surface area (Å²) >= 11 is 0. The van der Waals surface area contributed by atoms with Crippen molar-refractivity contribution in [3.05, 3.63) is 47.3 Å². The summed E-state index contributed by atoms with van der Waals surface area (Å²) in [4.78, 5) is 32.4. The van der Waals surface area contributed by atoms with E-state index in [0.29, 0.717) is 17.9 Å². The van der Waals surface area contributed by atoms with Crippen LogP contribution in [0.1, 0.15) is 46.8 Å². The lowest BCUT2D eigenvalue weighted by Crippen LogP contribution is -2.25. The molecular weight excluding hydrogens is 254 g/mol. The van der Waals surface area contributed by atoms with Crippen LogP contribution in [-0.2, 0) is 11.3 Å². The molecule has 0 aromatic carbocycles. The number of nitrogens with zero attached hydrogens (tertiary/aromatic N) is 3.